The normalized spacial score (nSPS) is 21.6. The second-order valence-corrected chi connectivity index (χ2v) is 6.26. The highest BCUT2D eigenvalue weighted by molar-refractivity contribution is 5.82. The summed E-state index contributed by atoms with van der Waals surface area (Å²) in [5.74, 6) is 0.158. The van der Waals surface area contributed by atoms with Gasteiger partial charge < -0.3 is 15.7 Å². The molecule has 3 atom stereocenters. The summed E-state index contributed by atoms with van der Waals surface area (Å²) in [6.07, 6.45) is 1.99. The van der Waals surface area contributed by atoms with E-state index in [1.165, 1.54) is 0 Å². The summed E-state index contributed by atoms with van der Waals surface area (Å²) in [6.45, 7) is 4.68. The number of benzene rings is 1. The number of aliphatic hydroxyl groups is 1. The van der Waals surface area contributed by atoms with Gasteiger partial charge in [0.1, 0.15) is 0 Å². The second kappa shape index (κ2) is 7.05. The first-order valence-electron chi connectivity index (χ1n) is 7.79. The molecule has 1 aromatic rings. The van der Waals surface area contributed by atoms with Crippen LogP contribution in [0.15, 0.2) is 30.3 Å². The topological polar surface area (TPSA) is 66.6 Å². The van der Waals surface area contributed by atoms with Gasteiger partial charge in [-0.15, -0.1) is 0 Å². The van der Waals surface area contributed by atoms with Gasteiger partial charge in [0.15, 0.2) is 0 Å². The Balaban J connectivity index is 2.01. The molecule has 0 saturated carbocycles. The SMILES string of the molecule is CC(C)[C@H](N)C(=O)N1CCCC1CC(O)c1ccccc1. The Hall–Kier alpha value is -1.39. The molecule has 1 aromatic carbocycles. The molecule has 4 nitrogen and oxygen atoms in total. The molecule has 0 bridgehead atoms. The van der Waals surface area contributed by atoms with Crippen molar-refractivity contribution >= 4 is 5.91 Å². The Morgan fingerprint density at radius 3 is 2.67 bits per heavy atom. The van der Waals surface area contributed by atoms with E-state index in [2.05, 4.69) is 0 Å². The van der Waals surface area contributed by atoms with Gasteiger partial charge in [-0.05, 0) is 30.7 Å². The summed E-state index contributed by atoms with van der Waals surface area (Å²) in [7, 11) is 0. The molecule has 1 saturated heterocycles. The fraction of sp³-hybridized carbons (Fsp3) is 0.588. The molecule has 2 rings (SSSR count). The smallest absolute Gasteiger partial charge is 0.239 e. The van der Waals surface area contributed by atoms with Crippen molar-refractivity contribution in [2.45, 2.75) is 51.3 Å². The lowest BCUT2D eigenvalue weighted by atomic mass is 9.99. The summed E-state index contributed by atoms with van der Waals surface area (Å²) in [4.78, 5) is 14.3. The number of carbonyl (C=O) groups is 1. The van der Waals surface area contributed by atoms with Gasteiger partial charge in [-0.25, -0.2) is 0 Å². The van der Waals surface area contributed by atoms with Crippen molar-refractivity contribution in [1.82, 2.24) is 4.90 Å². The van der Waals surface area contributed by atoms with Gasteiger partial charge in [-0.2, -0.15) is 0 Å². The molecule has 1 amide bonds. The van der Waals surface area contributed by atoms with E-state index < -0.39 is 12.1 Å². The third kappa shape index (κ3) is 3.83. The predicted octanol–water partition coefficient (Wildman–Crippen LogP) is 2.08. The van der Waals surface area contributed by atoms with E-state index in [9.17, 15) is 9.90 Å². The van der Waals surface area contributed by atoms with Crippen LogP contribution >= 0.6 is 0 Å². The Bertz CT molecular complexity index is 461. The van der Waals surface area contributed by atoms with Gasteiger partial charge in [0.25, 0.3) is 0 Å². The van der Waals surface area contributed by atoms with E-state index in [0.717, 1.165) is 24.9 Å². The molecular formula is C17H26N2O2. The predicted molar refractivity (Wildman–Crippen MR) is 83.6 cm³/mol. The minimum Gasteiger partial charge on any atom is -0.388 e. The number of hydrogen-bond acceptors (Lipinski definition) is 3. The average Bonchev–Trinajstić information content (AvgIpc) is 2.94. The standard InChI is InChI=1S/C17H26N2O2/c1-12(2)16(18)17(21)19-10-6-9-14(19)11-15(20)13-7-4-3-5-8-13/h3-5,7-8,12,14-16,20H,6,9-11,18H2,1-2H3/t14?,15?,16-/m0/s1. The average molecular weight is 290 g/mol. The molecular weight excluding hydrogens is 264 g/mol. The van der Waals surface area contributed by atoms with Crippen LogP contribution in [0.2, 0.25) is 0 Å². The Morgan fingerprint density at radius 2 is 2.05 bits per heavy atom. The minimum atomic E-state index is -0.528. The van der Waals surface area contributed by atoms with Gasteiger partial charge in [0.2, 0.25) is 5.91 Å². The monoisotopic (exact) mass is 290 g/mol. The van der Waals surface area contributed by atoms with Crippen LogP contribution in [0, 0.1) is 5.92 Å². The number of likely N-dealkylation sites (tertiary alicyclic amines) is 1. The Morgan fingerprint density at radius 1 is 1.38 bits per heavy atom. The van der Waals surface area contributed by atoms with Gasteiger partial charge in [0, 0.05) is 12.6 Å². The first-order valence-corrected chi connectivity index (χ1v) is 7.79. The lowest BCUT2D eigenvalue weighted by Gasteiger charge is -2.30. The lowest BCUT2D eigenvalue weighted by Crippen LogP contribution is -2.48. The highest BCUT2D eigenvalue weighted by Gasteiger charge is 2.33. The maximum absolute atomic E-state index is 12.4. The first kappa shape index (κ1) is 16.0. The van der Waals surface area contributed by atoms with E-state index >= 15 is 0 Å². The van der Waals surface area contributed by atoms with Gasteiger partial charge in [-0.3, -0.25) is 4.79 Å². The summed E-state index contributed by atoms with van der Waals surface area (Å²) >= 11 is 0. The zero-order chi connectivity index (χ0) is 15.4. The fourth-order valence-corrected chi connectivity index (χ4v) is 2.92. The van der Waals surface area contributed by atoms with Crippen molar-refractivity contribution in [3.05, 3.63) is 35.9 Å². The number of aliphatic hydroxyl groups excluding tert-OH is 1. The summed E-state index contributed by atoms with van der Waals surface area (Å²) in [5.41, 5.74) is 6.90. The molecule has 1 fully saturated rings. The Labute approximate surface area is 126 Å². The van der Waals surface area contributed by atoms with Crippen LogP contribution in [-0.2, 0) is 4.79 Å². The molecule has 1 aliphatic heterocycles. The van der Waals surface area contributed by atoms with Gasteiger partial charge in [0.05, 0.1) is 12.1 Å². The van der Waals surface area contributed by atoms with Crippen molar-refractivity contribution in [3.8, 4) is 0 Å². The van der Waals surface area contributed by atoms with E-state index in [-0.39, 0.29) is 17.9 Å². The number of nitrogens with two attached hydrogens (primary N) is 1. The van der Waals surface area contributed by atoms with Crippen molar-refractivity contribution in [3.63, 3.8) is 0 Å². The van der Waals surface area contributed by atoms with Crippen LogP contribution < -0.4 is 5.73 Å². The Kier molecular flexibility index (Phi) is 5.37. The van der Waals surface area contributed by atoms with Crippen LogP contribution in [-0.4, -0.2) is 34.5 Å². The van der Waals surface area contributed by atoms with Crippen LogP contribution in [0.4, 0.5) is 0 Å². The summed E-state index contributed by atoms with van der Waals surface area (Å²) in [5, 5.41) is 10.4. The first-order chi connectivity index (χ1) is 10.0. The van der Waals surface area contributed by atoms with Crippen molar-refractivity contribution in [2.24, 2.45) is 11.7 Å². The molecule has 0 aliphatic carbocycles. The number of hydrogen-bond donors (Lipinski definition) is 2. The molecule has 4 heteroatoms. The number of nitrogens with zero attached hydrogens (tertiary/aromatic N) is 1. The molecule has 0 radical (unpaired) electrons. The third-order valence-electron chi connectivity index (χ3n) is 4.34. The van der Waals surface area contributed by atoms with E-state index in [1.54, 1.807) is 0 Å². The quantitative estimate of drug-likeness (QED) is 0.872. The van der Waals surface area contributed by atoms with Gasteiger partial charge in [-0.1, -0.05) is 44.2 Å². The summed E-state index contributed by atoms with van der Waals surface area (Å²) in [6, 6.07) is 9.27. The number of rotatable bonds is 5. The molecule has 3 N–H and O–H groups in total. The van der Waals surface area contributed by atoms with E-state index in [4.69, 9.17) is 5.73 Å². The third-order valence-corrected chi connectivity index (χ3v) is 4.34. The maximum Gasteiger partial charge on any atom is 0.239 e. The molecule has 116 valence electrons. The molecule has 0 spiro atoms. The van der Waals surface area contributed by atoms with Crippen LogP contribution in [0.1, 0.15) is 44.8 Å². The molecule has 1 heterocycles. The van der Waals surface area contributed by atoms with Crippen molar-refractivity contribution < 1.29 is 9.90 Å². The van der Waals surface area contributed by atoms with E-state index in [0.29, 0.717) is 6.42 Å². The molecule has 21 heavy (non-hydrogen) atoms. The lowest BCUT2D eigenvalue weighted by molar-refractivity contribution is -0.134. The number of amides is 1. The zero-order valence-electron chi connectivity index (χ0n) is 12.9. The number of carbonyl (C=O) groups excluding carboxylic acids is 1. The molecule has 2 unspecified atom stereocenters. The zero-order valence-corrected chi connectivity index (χ0v) is 12.9. The van der Waals surface area contributed by atoms with Crippen LogP contribution in [0.25, 0.3) is 0 Å². The van der Waals surface area contributed by atoms with Crippen LogP contribution in [0.5, 0.6) is 0 Å². The highest BCUT2D eigenvalue weighted by atomic mass is 16.3. The van der Waals surface area contributed by atoms with Gasteiger partial charge >= 0.3 is 0 Å². The highest BCUT2D eigenvalue weighted by Crippen LogP contribution is 2.28. The second-order valence-electron chi connectivity index (χ2n) is 6.26. The van der Waals surface area contributed by atoms with Crippen LogP contribution in [0.3, 0.4) is 0 Å². The van der Waals surface area contributed by atoms with Crippen molar-refractivity contribution in [1.29, 1.82) is 0 Å². The van der Waals surface area contributed by atoms with E-state index in [1.807, 2.05) is 49.1 Å². The molecule has 0 aromatic heterocycles. The minimum absolute atomic E-state index is 0.0211. The van der Waals surface area contributed by atoms with Crippen molar-refractivity contribution in [2.75, 3.05) is 6.54 Å². The largest absolute Gasteiger partial charge is 0.388 e. The fourth-order valence-electron chi connectivity index (χ4n) is 2.92. The summed E-state index contributed by atoms with van der Waals surface area (Å²) < 4.78 is 0. The molecule has 1 aliphatic rings. The maximum atomic E-state index is 12.4.